The fourth-order valence-corrected chi connectivity index (χ4v) is 4.75. The van der Waals surface area contributed by atoms with Gasteiger partial charge in [-0.3, -0.25) is 0 Å². The van der Waals surface area contributed by atoms with Gasteiger partial charge in [0.1, 0.15) is 17.2 Å². The minimum Gasteiger partial charge on any atom is -0.422 e. The van der Waals surface area contributed by atoms with E-state index in [0.717, 1.165) is 36.9 Å². The lowest BCUT2D eigenvalue weighted by Gasteiger charge is -2.48. The normalized spacial score (nSPS) is 18.8. The lowest BCUT2D eigenvalue weighted by molar-refractivity contribution is -0.145. The summed E-state index contributed by atoms with van der Waals surface area (Å²) < 4.78 is 5.87. The van der Waals surface area contributed by atoms with Crippen molar-refractivity contribution in [3.8, 4) is 6.07 Å². The monoisotopic (exact) mass is 435 g/mol. The fourth-order valence-electron chi connectivity index (χ4n) is 4.75. The average molecular weight is 436 g/mol. The zero-order chi connectivity index (χ0) is 23.3. The number of hydrogen-bond acceptors (Lipinski definition) is 7. The Morgan fingerprint density at radius 2 is 1.94 bits per heavy atom. The van der Waals surface area contributed by atoms with Crippen LogP contribution in [0.15, 0.2) is 26.9 Å². The summed E-state index contributed by atoms with van der Waals surface area (Å²) in [6, 6.07) is 5.63. The molecule has 0 atom stereocenters. The van der Waals surface area contributed by atoms with Gasteiger partial charge in [0.2, 0.25) is 0 Å². The number of fused-ring (bicyclic) bond motifs is 2. The van der Waals surface area contributed by atoms with Crippen LogP contribution in [0.5, 0.6) is 0 Å². The number of nitrogens with one attached hydrogen (secondary N) is 1. The van der Waals surface area contributed by atoms with Crippen molar-refractivity contribution >= 4 is 28.7 Å². The molecular formula is C25H29N3O4. The molecule has 2 aliphatic rings. The van der Waals surface area contributed by atoms with Gasteiger partial charge in [0.05, 0.1) is 5.56 Å². The molecule has 0 unspecified atom stereocenters. The van der Waals surface area contributed by atoms with Crippen molar-refractivity contribution in [1.82, 2.24) is 5.48 Å². The number of hydroxylamine groups is 1. The third kappa shape index (κ3) is 3.59. The minimum atomic E-state index is -0.840. The summed E-state index contributed by atoms with van der Waals surface area (Å²) in [5.41, 5.74) is 5.66. The quantitative estimate of drug-likeness (QED) is 0.336. The summed E-state index contributed by atoms with van der Waals surface area (Å²) in [4.78, 5) is 32.2. The summed E-state index contributed by atoms with van der Waals surface area (Å²) in [5.74, 6) is -0.840. The Kier molecular flexibility index (Phi) is 5.38. The van der Waals surface area contributed by atoms with Crippen molar-refractivity contribution in [2.24, 2.45) is 0 Å². The van der Waals surface area contributed by atoms with E-state index >= 15 is 0 Å². The fraction of sp³-hybridized carbons (Fsp3) is 0.480. The topological polar surface area (TPSA) is 95.6 Å². The molecule has 1 N–H and O–H groups in total. The van der Waals surface area contributed by atoms with Crippen molar-refractivity contribution in [2.75, 3.05) is 24.5 Å². The molecule has 0 saturated carbocycles. The molecule has 2 aromatic rings. The summed E-state index contributed by atoms with van der Waals surface area (Å²) in [5, 5.41) is 10.2. The molecule has 3 heterocycles. The molecule has 7 heteroatoms. The highest BCUT2D eigenvalue weighted by atomic mass is 16.7. The second-order valence-corrected chi connectivity index (χ2v) is 9.87. The number of rotatable bonds is 4. The molecule has 0 spiro atoms. The minimum absolute atomic E-state index is 0.0121. The Labute approximate surface area is 187 Å². The van der Waals surface area contributed by atoms with E-state index in [-0.39, 0.29) is 22.0 Å². The average Bonchev–Trinajstić information content (AvgIpc) is 2.74. The zero-order valence-electron chi connectivity index (χ0n) is 19.3. The Bertz CT molecular complexity index is 1230. The van der Waals surface area contributed by atoms with E-state index in [4.69, 9.17) is 9.25 Å². The second-order valence-electron chi connectivity index (χ2n) is 9.87. The number of carbonyl (C=O) groups excluding carboxylic acids is 1. The summed E-state index contributed by atoms with van der Waals surface area (Å²) in [7, 11) is 0. The van der Waals surface area contributed by atoms with Crippen molar-refractivity contribution in [1.29, 1.82) is 5.26 Å². The summed E-state index contributed by atoms with van der Waals surface area (Å²) in [6.07, 6.45) is 3.25. The van der Waals surface area contributed by atoms with Gasteiger partial charge in [-0.05, 0) is 54.4 Å². The Morgan fingerprint density at radius 3 is 2.59 bits per heavy atom. The van der Waals surface area contributed by atoms with Crippen LogP contribution in [-0.2, 0) is 20.5 Å². The molecule has 4 rings (SSSR count). The van der Waals surface area contributed by atoms with Crippen LogP contribution in [0.3, 0.4) is 0 Å². The lowest BCUT2D eigenvalue weighted by atomic mass is 9.69. The molecule has 168 valence electrons. The van der Waals surface area contributed by atoms with Crippen LogP contribution in [0.25, 0.3) is 17.0 Å². The van der Waals surface area contributed by atoms with Crippen LogP contribution in [0.2, 0.25) is 0 Å². The van der Waals surface area contributed by atoms with Gasteiger partial charge < -0.3 is 14.2 Å². The van der Waals surface area contributed by atoms with Gasteiger partial charge >= 0.3 is 11.6 Å². The van der Waals surface area contributed by atoms with E-state index in [9.17, 15) is 14.9 Å². The Morgan fingerprint density at radius 1 is 1.25 bits per heavy atom. The lowest BCUT2D eigenvalue weighted by Crippen LogP contribution is -2.44. The number of carbonyl (C=O) groups is 1. The predicted octanol–water partition coefficient (Wildman–Crippen LogP) is 3.94. The molecule has 7 nitrogen and oxygen atoms in total. The Hall–Kier alpha value is -3.11. The molecule has 0 radical (unpaired) electrons. The number of nitriles is 1. The van der Waals surface area contributed by atoms with Gasteiger partial charge in [0.15, 0.2) is 0 Å². The number of anilines is 1. The largest absolute Gasteiger partial charge is 0.422 e. The molecule has 0 aliphatic carbocycles. The van der Waals surface area contributed by atoms with Gasteiger partial charge in [-0.1, -0.05) is 27.7 Å². The van der Waals surface area contributed by atoms with E-state index in [0.29, 0.717) is 12.1 Å². The molecule has 2 aliphatic heterocycles. The first-order valence-electron chi connectivity index (χ1n) is 11.1. The molecule has 32 heavy (non-hydrogen) atoms. The highest BCUT2D eigenvalue weighted by Gasteiger charge is 2.41. The van der Waals surface area contributed by atoms with Crippen LogP contribution < -0.4 is 16.0 Å². The molecule has 1 aromatic heterocycles. The third-order valence-electron chi connectivity index (χ3n) is 6.71. The van der Waals surface area contributed by atoms with Gasteiger partial charge in [0, 0.05) is 36.3 Å². The molecular weight excluding hydrogens is 406 g/mol. The number of hydrogen-bond donors (Lipinski definition) is 1. The maximum atomic E-state index is 12.9. The van der Waals surface area contributed by atoms with Crippen molar-refractivity contribution in [2.45, 2.75) is 58.3 Å². The van der Waals surface area contributed by atoms with Gasteiger partial charge in [-0.15, -0.1) is 0 Å². The van der Waals surface area contributed by atoms with Crippen molar-refractivity contribution in [3.63, 3.8) is 0 Å². The molecule has 0 amide bonds. The highest BCUT2D eigenvalue weighted by Crippen LogP contribution is 2.51. The summed E-state index contributed by atoms with van der Waals surface area (Å²) >= 11 is 0. The smallest absolute Gasteiger partial charge is 0.367 e. The zero-order valence-corrected chi connectivity index (χ0v) is 19.3. The second kappa shape index (κ2) is 7.79. The van der Waals surface area contributed by atoms with Gasteiger partial charge in [-0.25, -0.2) is 9.59 Å². The predicted molar refractivity (Wildman–Crippen MR) is 123 cm³/mol. The van der Waals surface area contributed by atoms with Crippen LogP contribution in [0.4, 0.5) is 5.69 Å². The maximum absolute atomic E-state index is 12.9. The van der Waals surface area contributed by atoms with E-state index in [1.807, 2.05) is 6.07 Å². The van der Waals surface area contributed by atoms with Crippen LogP contribution in [-0.4, -0.2) is 25.6 Å². The number of benzene rings is 1. The maximum Gasteiger partial charge on any atom is 0.367 e. The van der Waals surface area contributed by atoms with E-state index < -0.39 is 11.6 Å². The van der Waals surface area contributed by atoms with E-state index in [2.05, 4.69) is 44.1 Å². The standard InChI is InChI=1S/C25H29N3O4/c1-6-27-32-23(30)17(14-26)12-16-11-15-13-18-20-19(21(15)31-22(16)29)25(4,5)8-10-28(20)9-7-24(18,2)3/h11-13,27H,6-10H2,1-5H3/b17-12-. The SMILES string of the molecule is CCNOC(=O)/C(C#N)=C\c1cc2cc3c4c(c2oc1=O)C(C)(C)CCN4CCC3(C)C. The van der Waals surface area contributed by atoms with E-state index in [1.54, 1.807) is 13.0 Å². The number of nitrogens with zero attached hydrogens (tertiary/aromatic N) is 2. The van der Waals surface area contributed by atoms with Crippen molar-refractivity contribution < 1.29 is 14.0 Å². The Balaban J connectivity index is 1.95. The van der Waals surface area contributed by atoms with Gasteiger partial charge in [-0.2, -0.15) is 10.7 Å². The molecule has 0 fully saturated rings. The van der Waals surface area contributed by atoms with Crippen LogP contribution in [0.1, 0.15) is 64.2 Å². The van der Waals surface area contributed by atoms with Crippen LogP contribution >= 0.6 is 0 Å². The first-order chi connectivity index (χ1) is 15.1. The van der Waals surface area contributed by atoms with Crippen molar-refractivity contribution in [3.05, 3.63) is 44.8 Å². The third-order valence-corrected chi connectivity index (χ3v) is 6.71. The first kappa shape index (κ1) is 22.1. The van der Waals surface area contributed by atoms with Gasteiger partial charge in [0.25, 0.3) is 0 Å². The first-order valence-corrected chi connectivity index (χ1v) is 11.1. The van der Waals surface area contributed by atoms with Crippen LogP contribution in [0, 0.1) is 11.3 Å². The molecule has 0 bridgehead atoms. The molecule has 1 aromatic carbocycles. The summed E-state index contributed by atoms with van der Waals surface area (Å²) in [6.45, 7) is 13.0. The molecule has 0 saturated heterocycles. The van der Waals surface area contributed by atoms with E-state index in [1.165, 1.54) is 17.3 Å². The highest BCUT2D eigenvalue weighted by molar-refractivity contribution is 5.98.